The molecule has 3 heterocycles. The molecule has 0 spiro atoms. The van der Waals surface area contributed by atoms with Gasteiger partial charge >= 0.3 is 6.03 Å². The van der Waals surface area contributed by atoms with Crippen molar-refractivity contribution in [3.05, 3.63) is 56.6 Å². The molecular weight excluding hydrogens is 310 g/mol. The maximum atomic E-state index is 12.2. The van der Waals surface area contributed by atoms with Gasteiger partial charge < -0.3 is 14.8 Å². The van der Waals surface area contributed by atoms with Crippen LogP contribution in [0.4, 0.5) is 4.79 Å². The molecule has 23 heavy (non-hydrogen) atoms. The number of piperidine rings is 1. The normalized spacial score (nSPS) is 15.6. The second-order valence-electron chi connectivity index (χ2n) is 5.91. The summed E-state index contributed by atoms with van der Waals surface area (Å²) in [5.41, 5.74) is 1.12. The van der Waals surface area contributed by atoms with Gasteiger partial charge in [-0.1, -0.05) is 6.07 Å². The van der Waals surface area contributed by atoms with E-state index in [1.54, 1.807) is 29.0 Å². The number of carbonyl (C=O) groups excluding carboxylic acids is 1. The van der Waals surface area contributed by atoms with Gasteiger partial charge in [0.15, 0.2) is 0 Å². The minimum absolute atomic E-state index is 0.000764. The molecule has 0 unspecified atom stereocenters. The molecule has 1 aliphatic rings. The first-order valence-corrected chi connectivity index (χ1v) is 8.73. The molecule has 0 saturated carbocycles. The number of nitrogens with zero attached hydrogens (tertiary/aromatic N) is 2. The lowest BCUT2D eigenvalue weighted by molar-refractivity contribution is 0.181. The Morgan fingerprint density at radius 1 is 1.35 bits per heavy atom. The number of amides is 2. The average molecular weight is 331 g/mol. The Bertz CT molecular complexity index is 716. The zero-order valence-electron chi connectivity index (χ0n) is 13.2. The Kier molecular flexibility index (Phi) is 4.81. The van der Waals surface area contributed by atoms with E-state index < -0.39 is 0 Å². The molecule has 0 aromatic carbocycles. The van der Waals surface area contributed by atoms with E-state index in [1.165, 1.54) is 0 Å². The molecule has 1 aliphatic heterocycles. The number of carbonyl (C=O) groups is 1. The molecular formula is C17H21N3O2S. The van der Waals surface area contributed by atoms with Crippen molar-refractivity contribution >= 4 is 17.4 Å². The van der Waals surface area contributed by atoms with Gasteiger partial charge in [0.2, 0.25) is 0 Å². The summed E-state index contributed by atoms with van der Waals surface area (Å²) in [7, 11) is 1.76. The zero-order valence-corrected chi connectivity index (χ0v) is 14.0. The standard InChI is InChI=1S/C17H21N3O2S/c1-19-7-4-14(11-16(19)21)13-5-8-20(9-6-13)17(22)18-12-15-3-2-10-23-15/h2-4,7,10-11,13H,5-6,8-9,12H2,1H3,(H,18,22). The summed E-state index contributed by atoms with van der Waals surface area (Å²) in [4.78, 5) is 27.0. The SMILES string of the molecule is Cn1ccc(C2CCN(C(=O)NCc3cccs3)CC2)cc1=O. The molecule has 0 radical (unpaired) electrons. The van der Waals surface area contributed by atoms with Gasteiger partial charge in [0, 0.05) is 37.3 Å². The number of likely N-dealkylation sites (tertiary alicyclic amines) is 1. The fraction of sp³-hybridized carbons (Fsp3) is 0.412. The molecule has 2 amide bonds. The van der Waals surface area contributed by atoms with Gasteiger partial charge in [-0.2, -0.15) is 0 Å². The number of hydrogen-bond donors (Lipinski definition) is 1. The molecule has 0 atom stereocenters. The molecule has 0 bridgehead atoms. The predicted octanol–water partition coefficient (Wildman–Crippen LogP) is 2.54. The summed E-state index contributed by atoms with van der Waals surface area (Å²) in [6, 6.07) is 7.74. The van der Waals surface area contributed by atoms with Crippen LogP contribution < -0.4 is 10.9 Å². The Labute approximate surface area is 139 Å². The predicted molar refractivity (Wildman–Crippen MR) is 91.8 cm³/mol. The molecule has 3 rings (SSSR count). The Balaban J connectivity index is 1.52. The lowest BCUT2D eigenvalue weighted by atomic mass is 9.90. The summed E-state index contributed by atoms with van der Waals surface area (Å²) in [5, 5.41) is 4.98. The van der Waals surface area contributed by atoms with Crippen LogP contribution >= 0.6 is 11.3 Å². The molecule has 5 nitrogen and oxygen atoms in total. The van der Waals surface area contributed by atoms with E-state index in [9.17, 15) is 9.59 Å². The van der Waals surface area contributed by atoms with Crippen LogP contribution in [0.1, 0.15) is 29.2 Å². The van der Waals surface area contributed by atoms with E-state index in [0.717, 1.165) is 36.4 Å². The number of pyridine rings is 1. The van der Waals surface area contributed by atoms with Crippen molar-refractivity contribution in [1.29, 1.82) is 0 Å². The van der Waals surface area contributed by atoms with E-state index in [4.69, 9.17) is 0 Å². The van der Waals surface area contributed by atoms with Gasteiger partial charge in [0.1, 0.15) is 0 Å². The first-order valence-electron chi connectivity index (χ1n) is 7.85. The van der Waals surface area contributed by atoms with Crippen molar-refractivity contribution < 1.29 is 4.79 Å². The van der Waals surface area contributed by atoms with Gasteiger partial charge in [-0.3, -0.25) is 4.79 Å². The monoisotopic (exact) mass is 331 g/mol. The minimum Gasteiger partial charge on any atom is -0.333 e. The van der Waals surface area contributed by atoms with E-state index in [-0.39, 0.29) is 11.6 Å². The van der Waals surface area contributed by atoms with Crippen molar-refractivity contribution in [2.24, 2.45) is 7.05 Å². The van der Waals surface area contributed by atoms with Gasteiger partial charge in [0.25, 0.3) is 5.56 Å². The van der Waals surface area contributed by atoms with Crippen LogP contribution in [0.15, 0.2) is 40.6 Å². The van der Waals surface area contributed by atoms with E-state index in [1.807, 2.05) is 34.7 Å². The molecule has 0 aliphatic carbocycles. The second-order valence-corrected chi connectivity index (χ2v) is 6.94. The fourth-order valence-corrected chi connectivity index (χ4v) is 3.57. The summed E-state index contributed by atoms with van der Waals surface area (Å²) in [6.45, 7) is 2.05. The van der Waals surface area contributed by atoms with Gasteiger partial charge in [0.05, 0.1) is 6.54 Å². The number of urea groups is 1. The highest BCUT2D eigenvalue weighted by molar-refractivity contribution is 7.09. The minimum atomic E-state index is 0.000764. The van der Waals surface area contributed by atoms with E-state index in [2.05, 4.69) is 5.32 Å². The van der Waals surface area contributed by atoms with Gasteiger partial charge in [-0.15, -0.1) is 11.3 Å². The average Bonchev–Trinajstić information content (AvgIpc) is 3.09. The molecule has 1 fully saturated rings. The van der Waals surface area contributed by atoms with Crippen molar-refractivity contribution in [1.82, 2.24) is 14.8 Å². The van der Waals surface area contributed by atoms with Crippen LogP contribution in [-0.2, 0) is 13.6 Å². The molecule has 6 heteroatoms. The maximum Gasteiger partial charge on any atom is 0.317 e. The third kappa shape index (κ3) is 3.82. The van der Waals surface area contributed by atoms with Crippen LogP contribution in [0.3, 0.4) is 0 Å². The number of hydrogen-bond acceptors (Lipinski definition) is 3. The third-order valence-corrected chi connectivity index (χ3v) is 5.25. The number of aromatic nitrogens is 1. The Morgan fingerprint density at radius 3 is 2.78 bits per heavy atom. The highest BCUT2D eigenvalue weighted by Crippen LogP contribution is 2.27. The van der Waals surface area contributed by atoms with Crippen molar-refractivity contribution in [2.75, 3.05) is 13.1 Å². The molecule has 2 aromatic heterocycles. The van der Waals surface area contributed by atoms with Crippen LogP contribution in [-0.4, -0.2) is 28.6 Å². The molecule has 1 saturated heterocycles. The van der Waals surface area contributed by atoms with Crippen molar-refractivity contribution in [3.63, 3.8) is 0 Å². The Morgan fingerprint density at radius 2 is 2.13 bits per heavy atom. The van der Waals surface area contributed by atoms with E-state index in [0.29, 0.717) is 12.5 Å². The first-order chi connectivity index (χ1) is 11.1. The summed E-state index contributed by atoms with van der Waals surface area (Å²) in [5.74, 6) is 0.366. The lowest BCUT2D eigenvalue weighted by Crippen LogP contribution is -2.43. The maximum absolute atomic E-state index is 12.2. The van der Waals surface area contributed by atoms with Gasteiger partial charge in [-0.25, -0.2) is 4.79 Å². The molecule has 122 valence electrons. The van der Waals surface area contributed by atoms with Crippen molar-refractivity contribution in [3.8, 4) is 0 Å². The zero-order chi connectivity index (χ0) is 16.2. The topological polar surface area (TPSA) is 54.3 Å². The summed E-state index contributed by atoms with van der Waals surface area (Å²) in [6.07, 6.45) is 3.62. The third-order valence-electron chi connectivity index (χ3n) is 4.38. The number of nitrogens with one attached hydrogen (secondary N) is 1. The van der Waals surface area contributed by atoms with Crippen LogP contribution in [0.2, 0.25) is 0 Å². The summed E-state index contributed by atoms with van der Waals surface area (Å²) < 4.78 is 1.58. The van der Waals surface area contributed by atoms with Gasteiger partial charge in [-0.05, 0) is 41.8 Å². The highest BCUT2D eigenvalue weighted by Gasteiger charge is 2.24. The summed E-state index contributed by atoms with van der Waals surface area (Å²) >= 11 is 1.65. The fourth-order valence-electron chi connectivity index (χ4n) is 2.92. The Hall–Kier alpha value is -2.08. The quantitative estimate of drug-likeness (QED) is 0.940. The highest BCUT2D eigenvalue weighted by atomic mass is 32.1. The van der Waals surface area contributed by atoms with Crippen LogP contribution in [0, 0.1) is 0 Å². The van der Waals surface area contributed by atoms with Crippen LogP contribution in [0.25, 0.3) is 0 Å². The smallest absolute Gasteiger partial charge is 0.317 e. The number of rotatable bonds is 3. The van der Waals surface area contributed by atoms with Crippen LogP contribution in [0.5, 0.6) is 0 Å². The van der Waals surface area contributed by atoms with Crippen molar-refractivity contribution in [2.45, 2.75) is 25.3 Å². The second kappa shape index (κ2) is 7.00. The van der Waals surface area contributed by atoms with E-state index >= 15 is 0 Å². The largest absolute Gasteiger partial charge is 0.333 e. The number of aryl methyl sites for hydroxylation is 1. The molecule has 1 N–H and O–H groups in total. The number of thiophene rings is 1. The molecule has 2 aromatic rings. The lowest BCUT2D eigenvalue weighted by Gasteiger charge is -2.32. The first kappa shape index (κ1) is 15.8.